The molecule has 1 amide bonds. The Balaban J connectivity index is 1.51. The molecule has 1 aromatic carbocycles. The van der Waals surface area contributed by atoms with Crippen molar-refractivity contribution in [3.63, 3.8) is 0 Å². The molecule has 1 N–H and O–H groups in total. The van der Waals surface area contributed by atoms with Gasteiger partial charge in [0.25, 0.3) is 0 Å². The van der Waals surface area contributed by atoms with E-state index in [0.717, 1.165) is 73.8 Å². The Morgan fingerprint density at radius 1 is 1.13 bits per heavy atom. The van der Waals surface area contributed by atoms with E-state index in [-0.39, 0.29) is 29.4 Å². The fourth-order valence-electron chi connectivity index (χ4n) is 7.38. The van der Waals surface area contributed by atoms with Crippen LogP contribution in [0, 0.1) is 11.3 Å². The van der Waals surface area contributed by atoms with Gasteiger partial charge in [-0.3, -0.25) is 4.79 Å². The summed E-state index contributed by atoms with van der Waals surface area (Å²) in [7, 11) is 3.25. The number of carbonyl (C=O) groups excluding carboxylic acids is 1. The van der Waals surface area contributed by atoms with Gasteiger partial charge in [0.2, 0.25) is 0 Å². The summed E-state index contributed by atoms with van der Waals surface area (Å²) in [6.07, 6.45) is 9.54. The average Bonchev–Trinajstić information content (AvgIpc) is 3.33. The molecule has 208 valence electrons. The Hall–Kier alpha value is -2.61. The minimum atomic E-state index is -0.679. The zero-order chi connectivity index (χ0) is 27.0. The van der Waals surface area contributed by atoms with E-state index in [2.05, 4.69) is 30.5 Å². The number of carbonyl (C=O) groups is 2. The predicted octanol–water partition coefficient (Wildman–Crippen LogP) is 6.07. The molecular weight excluding hydrogens is 482 g/mol. The third-order valence-electron chi connectivity index (χ3n) is 9.67. The summed E-state index contributed by atoms with van der Waals surface area (Å²) < 4.78 is 13.1. The maximum absolute atomic E-state index is 12.3. The molecule has 0 radical (unpaired) electrons. The van der Waals surface area contributed by atoms with Gasteiger partial charge in [-0.2, -0.15) is 0 Å². The summed E-state index contributed by atoms with van der Waals surface area (Å²) in [5.41, 5.74) is 4.75. The van der Waals surface area contributed by atoms with E-state index < -0.39 is 5.97 Å². The number of rotatable bonds is 6. The lowest BCUT2D eigenvalue weighted by Crippen LogP contribution is -2.35. The first-order valence-electron chi connectivity index (χ1n) is 14.3. The van der Waals surface area contributed by atoms with Gasteiger partial charge in [-0.1, -0.05) is 13.0 Å². The molecule has 8 nitrogen and oxygen atoms in total. The molecule has 1 aromatic heterocycles. The number of ether oxygens (including phenoxy) is 2. The number of methoxy groups -OCH3 is 2. The molecule has 0 saturated heterocycles. The van der Waals surface area contributed by atoms with Gasteiger partial charge in [0.1, 0.15) is 5.82 Å². The molecule has 2 aliphatic carbocycles. The molecule has 8 heteroatoms. The highest BCUT2D eigenvalue weighted by Gasteiger charge is 2.36. The van der Waals surface area contributed by atoms with E-state index in [0.29, 0.717) is 32.0 Å². The number of imidazole rings is 1. The van der Waals surface area contributed by atoms with Crippen LogP contribution < -0.4 is 0 Å². The van der Waals surface area contributed by atoms with Gasteiger partial charge >= 0.3 is 12.1 Å². The largest absolute Gasteiger partial charge is 0.481 e. The number of aliphatic carboxylic acids is 1. The highest BCUT2D eigenvalue weighted by atomic mass is 16.5. The lowest BCUT2D eigenvalue weighted by molar-refractivity contribution is -0.142. The second-order valence-corrected chi connectivity index (χ2v) is 12.2. The standard InChI is InChI=1S/C30H43N3O5/c1-19(17-30(2)14-11-23(37-3)12-15-30)33-25-10-9-20-13-16-32(29(36)38-4)18-24(20)26(25)31-27(33)21-5-7-22(8-6-21)28(34)35/h9-10,19,21-23H,5-8,11-18H2,1-4H3,(H,34,35)/t19-,21-,22-,23-,30-/m1/s1. The number of aromatic nitrogens is 2. The summed E-state index contributed by atoms with van der Waals surface area (Å²) in [6.45, 7) is 5.89. The van der Waals surface area contributed by atoms with E-state index in [9.17, 15) is 14.7 Å². The van der Waals surface area contributed by atoms with E-state index in [4.69, 9.17) is 14.5 Å². The van der Waals surface area contributed by atoms with Crippen molar-refractivity contribution in [3.8, 4) is 0 Å². The van der Waals surface area contributed by atoms with Crippen LogP contribution in [-0.2, 0) is 27.2 Å². The first-order chi connectivity index (χ1) is 18.2. The fourth-order valence-corrected chi connectivity index (χ4v) is 7.38. The summed E-state index contributed by atoms with van der Waals surface area (Å²) in [5, 5.41) is 9.55. The summed E-state index contributed by atoms with van der Waals surface area (Å²) in [5.74, 6) is 0.405. The van der Waals surface area contributed by atoms with Crippen molar-refractivity contribution in [1.29, 1.82) is 0 Å². The van der Waals surface area contributed by atoms with Crippen molar-refractivity contribution in [3.05, 3.63) is 29.1 Å². The third kappa shape index (κ3) is 5.16. The molecule has 5 rings (SSSR count). The van der Waals surface area contributed by atoms with E-state index >= 15 is 0 Å². The van der Waals surface area contributed by atoms with Gasteiger partial charge in [-0.25, -0.2) is 9.78 Å². The molecule has 1 aliphatic heterocycles. The number of carboxylic acid groups (broad SMARTS) is 1. The normalized spacial score (nSPS) is 28.6. The number of hydrogen-bond donors (Lipinski definition) is 1. The Labute approximate surface area is 225 Å². The van der Waals surface area contributed by atoms with Crippen LogP contribution in [0.5, 0.6) is 0 Å². The summed E-state index contributed by atoms with van der Waals surface area (Å²) in [6, 6.07) is 4.70. The Morgan fingerprint density at radius 3 is 2.47 bits per heavy atom. The predicted molar refractivity (Wildman–Crippen MR) is 145 cm³/mol. The Kier molecular flexibility index (Phi) is 7.72. The minimum Gasteiger partial charge on any atom is -0.481 e. The molecule has 3 aliphatic rings. The number of nitrogens with zero attached hydrogens (tertiary/aromatic N) is 3. The van der Waals surface area contributed by atoms with Crippen LogP contribution in [0.4, 0.5) is 4.79 Å². The number of hydrogen-bond acceptors (Lipinski definition) is 5. The van der Waals surface area contributed by atoms with Gasteiger partial charge in [0.05, 0.1) is 36.7 Å². The first kappa shape index (κ1) is 27.0. The van der Waals surface area contributed by atoms with Crippen LogP contribution in [0.2, 0.25) is 0 Å². The van der Waals surface area contributed by atoms with Crippen molar-refractivity contribution in [2.24, 2.45) is 11.3 Å². The average molecular weight is 526 g/mol. The molecule has 38 heavy (non-hydrogen) atoms. The van der Waals surface area contributed by atoms with Gasteiger partial charge in [-0.15, -0.1) is 0 Å². The van der Waals surface area contributed by atoms with Crippen molar-refractivity contribution < 1.29 is 24.2 Å². The molecule has 2 fully saturated rings. The second-order valence-electron chi connectivity index (χ2n) is 12.2. The van der Waals surface area contributed by atoms with Crippen LogP contribution in [-0.4, -0.2) is 58.5 Å². The van der Waals surface area contributed by atoms with Gasteiger partial charge in [0, 0.05) is 31.2 Å². The second kappa shape index (κ2) is 10.9. The first-order valence-corrected chi connectivity index (χ1v) is 14.3. The molecule has 1 atom stereocenters. The van der Waals surface area contributed by atoms with Gasteiger partial charge in [-0.05, 0) is 88.2 Å². The van der Waals surface area contributed by atoms with E-state index in [1.165, 1.54) is 12.7 Å². The molecule has 0 spiro atoms. The quantitative estimate of drug-likeness (QED) is 0.492. The van der Waals surface area contributed by atoms with Crippen molar-refractivity contribution in [2.45, 2.75) is 103 Å². The molecule has 0 unspecified atom stereocenters. The van der Waals surface area contributed by atoms with Crippen molar-refractivity contribution in [1.82, 2.24) is 14.5 Å². The maximum Gasteiger partial charge on any atom is 0.409 e. The third-order valence-corrected chi connectivity index (χ3v) is 9.67. The topological polar surface area (TPSA) is 93.9 Å². The summed E-state index contributed by atoms with van der Waals surface area (Å²) in [4.78, 5) is 31.0. The molecule has 2 heterocycles. The minimum absolute atomic E-state index is 0.244. The molecule has 0 bridgehead atoms. The van der Waals surface area contributed by atoms with Crippen molar-refractivity contribution in [2.75, 3.05) is 20.8 Å². The number of carboxylic acids is 1. The van der Waals surface area contributed by atoms with Crippen LogP contribution in [0.1, 0.15) is 101 Å². The van der Waals surface area contributed by atoms with Crippen LogP contribution in [0.15, 0.2) is 12.1 Å². The van der Waals surface area contributed by atoms with E-state index in [1.807, 2.05) is 7.11 Å². The molecule has 2 aromatic rings. The van der Waals surface area contributed by atoms with Crippen molar-refractivity contribution >= 4 is 23.1 Å². The zero-order valence-electron chi connectivity index (χ0n) is 23.4. The molecular formula is C30H43N3O5. The SMILES string of the molecule is COC(=O)N1CCc2ccc3c(nc([C@H]4CC[C@H](C(=O)O)CC4)n3[C@H](C)C[C@]3(C)CC[C@@H](OC)CC3)c2C1. The monoisotopic (exact) mass is 525 g/mol. The zero-order valence-corrected chi connectivity index (χ0v) is 23.4. The lowest BCUT2D eigenvalue weighted by atomic mass is 9.71. The number of amides is 1. The summed E-state index contributed by atoms with van der Waals surface area (Å²) >= 11 is 0. The Morgan fingerprint density at radius 2 is 1.84 bits per heavy atom. The Bertz CT molecular complexity index is 1170. The number of benzene rings is 1. The van der Waals surface area contributed by atoms with Gasteiger partial charge in [0.15, 0.2) is 0 Å². The van der Waals surface area contributed by atoms with Crippen LogP contribution >= 0.6 is 0 Å². The van der Waals surface area contributed by atoms with Crippen LogP contribution in [0.25, 0.3) is 11.0 Å². The van der Waals surface area contributed by atoms with Crippen LogP contribution in [0.3, 0.4) is 0 Å². The van der Waals surface area contributed by atoms with Gasteiger partial charge < -0.3 is 24.0 Å². The van der Waals surface area contributed by atoms with E-state index in [1.54, 1.807) is 4.90 Å². The highest BCUT2D eigenvalue weighted by Crippen LogP contribution is 2.45. The maximum atomic E-state index is 12.3. The molecule has 2 saturated carbocycles. The lowest BCUT2D eigenvalue weighted by Gasteiger charge is -2.39. The fraction of sp³-hybridized carbons (Fsp3) is 0.700. The highest BCUT2D eigenvalue weighted by molar-refractivity contribution is 5.82. The number of fused-ring (bicyclic) bond motifs is 3. The smallest absolute Gasteiger partial charge is 0.409 e.